The number of hydrogen-bond acceptors (Lipinski definition) is 6. The van der Waals surface area contributed by atoms with Gasteiger partial charge in [0.15, 0.2) is 0 Å². The second-order valence-electron chi connectivity index (χ2n) is 6.61. The van der Waals surface area contributed by atoms with Crippen LogP contribution in [0.3, 0.4) is 0 Å². The molecular weight excluding hydrogens is 396 g/mol. The summed E-state index contributed by atoms with van der Waals surface area (Å²) >= 11 is 8.06. The van der Waals surface area contributed by atoms with Gasteiger partial charge < -0.3 is 4.90 Å². The number of thiophene rings is 1. The molecule has 6 nitrogen and oxygen atoms in total. The molecule has 1 aliphatic heterocycles. The fraction of sp³-hybridized carbons (Fsp3) is 0.250. The Labute approximate surface area is 172 Å². The highest BCUT2D eigenvalue weighted by Crippen LogP contribution is 2.34. The van der Waals surface area contributed by atoms with Crippen LogP contribution in [0.2, 0.25) is 5.02 Å². The van der Waals surface area contributed by atoms with Crippen molar-refractivity contribution in [3.8, 4) is 10.4 Å². The van der Waals surface area contributed by atoms with E-state index in [4.69, 9.17) is 11.6 Å². The van der Waals surface area contributed by atoms with Gasteiger partial charge in [-0.3, -0.25) is 15.0 Å². The average Bonchev–Trinajstić information content (AvgIpc) is 3.17. The minimum Gasteiger partial charge on any atom is -0.348 e. The SMILES string of the molecule is O=[N+]([O-])c1cccnc1N1CCN(Cc2ccc(-c3ccccc3Cl)s2)CC1. The highest BCUT2D eigenvalue weighted by Gasteiger charge is 2.24. The molecular formula is C20H19ClN4O2S. The summed E-state index contributed by atoms with van der Waals surface area (Å²) in [6, 6.07) is 15.3. The summed E-state index contributed by atoms with van der Waals surface area (Å²) in [5.74, 6) is 0.462. The monoisotopic (exact) mass is 414 g/mol. The number of nitro groups is 1. The molecule has 1 aliphatic rings. The van der Waals surface area contributed by atoms with Crippen LogP contribution in [-0.4, -0.2) is 41.0 Å². The lowest BCUT2D eigenvalue weighted by Crippen LogP contribution is -2.46. The molecule has 4 rings (SSSR count). The standard InChI is InChI=1S/C20H19ClN4O2S/c21-17-5-2-1-4-16(17)19-8-7-15(28-19)14-23-10-12-24(13-11-23)20-18(25(26)27)6-3-9-22-20/h1-9H,10-14H2. The minimum atomic E-state index is -0.364. The molecule has 1 aromatic carbocycles. The van der Waals surface area contributed by atoms with Crippen molar-refractivity contribution >= 4 is 34.4 Å². The van der Waals surface area contributed by atoms with Crippen LogP contribution in [0, 0.1) is 10.1 Å². The van der Waals surface area contributed by atoms with Crippen LogP contribution in [0.15, 0.2) is 54.7 Å². The van der Waals surface area contributed by atoms with E-state index in [0.29, 0.717) is 5.82 Å². The van der Waals surface area contributed by atoms with Crippen molar-refractivity contribution in [3.63, 3.8) is 0 Å². The molecule has 2 aromatic heterocycles. The van der Waals surface area contributed by atoms with E-state index in [0.717, 1.165) is 43.3 Å². The van der Waals surface area contributed by atoms with Crippen molar-refractivity contribution in [2.45, 2.75) is 6.54 Å². The first-order chi connectivity index (χ1) is 13.6. The lowest BCUT2D eigenvalue weighted by atomic mass is 10.2. The van der Waals surface area contributed by atoms with Crippen LogP contribution in [0.25, 0.3) is 10.4 Å². The molecule has 0 radical (unpaired) electrons. The molecule has 0 unspecified atom stereocenters. The van der Waals surface area contributed by atoms with Crippen LogP contribution in [-0.2, 0) is 6.54 Å². The molecule has 0 atom stereocenters. The fourth-order valence-corrected chi connectivity index (χ4v) is 4.76. The average molecular weight is 415 g/mol. The number of anilines is 1. The maximum absolute atomic E-state index is 11.2. The first-order valence-electron chi connectivity index (χ1n) is 9.02. The Bertz CT molecular complexity index is 986. The number of rotatable bonds is 5. The van der Waals surface area contributed by atoms with E-state index >= 15 is 0 Å². The number of aromatic nitrogens is 1. The van der Waals surface area contributed by atoms with Crippen molar-refractivity contribution in [2.75, 3.05) is 31.1 Å². The molecule has 0 aliphatic carbocycles. The topological polar surface area (TPSA) is 62.5 Å². The van der Waals surface area contributed by atoms with Crippen LogP contribution < -0.4 is 4.90 Å². The predicted molar refractivity (Wildman–Crippen MR) is 113 cm³/mol. The number of piperazine rings is 1. The van der Waals surface area contributed by atoms with Gasteiger partial charge in [-0.15, -0.1) is 11.3 Å². The second-order valence-corrected chi connectivity index (χ2v) is 8.19. The van der Waals surface area contributed by atoms with Gasteiger partial charge in [0.1, 0.15) is 0 Å². The maximum Gasteiger partial charge on any atom is 0.311 e. The summed E-state index contributed by atoms with van der Waals surface area (Å²) in [7, 11) is 0. The molecule has 0 bridgehead atoms. The Morgan fingerprint density at radius 3 is 2.61 bits per heavy atom. The zero-order chi connectivity index (χ0) is 19.5. The Hall–Kier alpha value is -2.48. The quantitative estimate of drug-likeness (QED) is 0.447. The highest BCUT2D eigenvalue weighted by molar-refractivity contribution is 7.15. The Morgan fingerprint density at radius 2 is 1.86 bits per heavy atom. The molecule has 3 heterocycles. The van der Waals surface area contributed by atoms with Gasteiger partial charge in [-0.05, 0) is 24.3 Å². The summed E-state index contributed by atoms with van der Waals surface area (Å²) in [6.45, 7) is 3.99. The lowest BCUT2D eigenvalue weighted by Gasteiger charge is -2.34. The highest BCUT2D eigenvalue weighted by atomic mass is 35.5. The first kappa shape index (κ1) is 18.9. The number of nitrogens with zero attached hydrogens (tertiary/aromatic N) is 4. The van der Waals surface area contributed by atoms with E-state index < -0.39 is 0 Å². The summed E-state index contributed by atoms with van der Waals surface area (Å²) in [4.78, 5) is 21.9. The molecule has 28 heavy (non-hydrogen) atoms. The Morgan fingerprint density at radius 1 is 1.07 bits per heavy atom. The third-order valence-corrected chi connectivity index (χ3v) is 6.25. The summed E-state index contributed by atoms with van der Waals surface area (Å²) in [6.07, 6.45) is 1.61. The molecule has 0 N–H and O–H groups in total. The largest absolute Gasteiger partial charge is 0.348 e. The van der Waals surface area contributed by atoms with Crippen LogP contribution >= 0.6 is 22.9 Å². The van der Waals surface area contributed by atoms with Gasteiger partial charge >= 0.3 is 5.69 Å². The molecule has 1 fully saturated rings. The first-order valence-corrected chi connectivity index (χ1v) is 10.2. The van der Waals surface area contributed by atoms with Gasteiger partial charge in [0.25, 0.3) is 0 Å². The van der Waals surface area contributed by atoms with Gasteiger partial charge in [-0.25, -0.2) is 4.98 Å². The van der Waals surface area contributed by atoms with Crippen LogP contribution in [0.4, 0.5) is 11.5 Å². The fourth-order valence-electron chi connectivity index (χ4n) is 3.38. The van der Waals surface area contributed by atoms with Gasteiger partial charge in [0.2, 0.25) is 5.82 Å². The van der Waals surface area contributed by atoms with Crippen LogP contribution in [0.1, 0.15) is 4.88 Å². The predicted octanol–water partition coefficient (Wildman–Crippen LogP) is 4.69. The smallest absolute Gasteiger partial charge is 0.311 e. The number of hydrogen-bond donors (Lipinski definition) is 0. The van der Waals surface area contributed by atoms with Gasteiger partial charge in [0.05, 0.1) is 4.92 Å². The summed E-state index contributed by atoms with van der Waals surface area (Å²) in [5, 5.41) is 12.0. The van der Waals surface area contributed by atoms with E-state index in [2.05, 4.69) is 22.0 Å². The van der Waals surface area contributed by atoms with Crippen molar-refractivity contribution in [1.29, 1.82) is 0 Å². The third-order valence-electron chi connectivity index (χ3n) is 4.82. The normalized spacial score (nSPS) is 15.0. The molecule has 0 spiro atoms. The second kappa shape index (κ2) is 8.26. The Balaban J connectivity index is 1.39. The van der Waals surface area contributed by atoms with Gasteiger partial charge in [-0.1, -0.05) is 29.8 Å². The van der Waals surface area contributed by atoms with Crippen molar-refractivity contribution in [3.05, 3.63) is 74.7 Å². The maximum atomic E-state index is 11.2. The zero-order valence-electron chi connectivity index (χ0n) is 15.1. The third kappa shape index (κ3) is 4.01. The molecule has 0 amide bonds. The molecule has 8 heteroatoms. The van der Waals surface area contributed by atoms with E-state index in [9.17, 15) is 10.1 Å². The minimum absolute atomic E-state index is 0.0681. The van der Waals surface area contributed by atoms with E-state index in [1.807, 2.05) is 29.2 Å². The number of benzene rings is 1. The van der Waals surface area contributed by atoms with Crippen LogP contribution in [0.5, 0.6) is 0 Å². The van der Waals surface area contributed by atoms with Gasteiger partial charge in [0, 0.05) is 65.3 Å². The molecule has 0 saturated carbocycles. The van der Waals surface area contributed by atoms with Gasteiger partial charge in [-0.2, -0.15) is 0 Å². The molecule has 3 aromatic rings. The molecule has 1 saturated heterocycles. The Kier molecular flexibility index (Phi) is 5.57. The van der Waals surface area contributed by atoms with E-state index in [1.54, 1.807) is 23.6 Å². The van der Waals surface area contributed by atoms with Crippen molar-refractivity contribution in [2.24, 2.45) is 0 Å². The molecule has 144 valence electrons. The number of halogens is 1. The van der Waals surface area contributed by atoms with E-state index in [1.165, 1.54) is 15.8 Å². The summed E-state index contributed by atoms with van der Waals surface area (Å²) in [5.41, 5.74) is 1.13. The lowest BCUT2D eigenvalue weighted by molar-refractivity contribution is -0.384. The van der Waals surface area contributed by atoms with Crippen molar-refractivity contribution in [1.82, 2.24) is 9.88 Å². The van der Waals surface area contributed by atoms with E-state index in [-0.39, 0.29) is 10.6 Å². The number of pyridine rings is 1. The van der Waals surface area contributed by atoms with Crippen molar-refractivity contribution < 1.29 is 4.92 Å². The zero-order valence-corrected chi connectivity index (χ0v) is 16.7. The summed E-state index contributed by atoms with van der Waals surface area (Å²) < 4.78 is 0.